The lowest BCUT2D eigenvalue weighted by molar-refractivity contribution is 0.0407. The van der Waals surface area contributed by atoms with Gasteiger partial charge in [0.05, 0.1) is 0 Å². The second-order valence-electron chi connectivity index (χ2n) is 5.83. The largest absolute Gasteiger partial charge is 0.381 e. The van der Waals surface area contributed by atoms with E-state index < -0.39 is 0 Å². The SMILES string of the molecule is Fc1cccc(C2CNCCN2CC2CCOCC2)c1. The second kappa shape index (κ2) is 6.66. The lowest BCUT2D eigenvalue weighted by Crippen LogP contribution is -2.48. The zero-order valence-electron chi connectivity index (χ0n) is 11.9. The van der Waals surface area contributed by atoms with Crippen LogP contribution in [0.2, 0.25) is 0 Å². The van der Waals surface area contributed by atoms with Crippen LogP contribution in [0, 0.1) is 11.7 Å². The third-order valence-electron chi connectivity index (χ3n) is 4.42. The summed E-state index contributed by atoms with van der Waals surface area (Å²) in [6.45, 7) is 5.86. The highest BCUT2D eigenvalue weighted by Gasteiger charge is 2.27. The van der Waals surface area contributed by atoms with E-state index in [-0.39, 0.29) is 5.82 Å². The van der Waals surface area contributed by atoms with Gasteiger partial charge in [0.1, 0.15) is 5.82 Å². The van der Waals surface area contributed by atoms with Crippen LogP contribution >= 0.6 is 0 Å². The van der Waals surface area contributed by atoms with Crippen molar-refractivity contribution in [2.45, 2.75) is 18.9 Å². The normalized spacial score (nSPS) is 25.8. The highest BCUT2D eigenvalue weighted by molar-refractivity contribution is 5.21. The molecule has 2 aliphatic rings. The standard InChI is InChI=1S/C16H23FN2O/c17-15-3-1-2-14(10-15)16-11-18-6-7-19(16)12-13-4-8-20-9-5-13/h1-3,10,13,16,18H,4-9,11-12H2. The average molecular weight is 278 g/mol. The van der Waals surface area contributed by atoms with E-state index in [0.717, 1.165) is 63.7 Å². The van der Waals surface area contributed by atoms with Crippen LogP contribution in [0.1, 0.15) is 24.4 Å². The minimum absolute atomic E-state index is 0.140. The molecule has 0 radical (unpaired) electrons. The molecule has 1 unspecified atom stereocenters. The Kier molecular flexibility index (Phi) is 4.65. The first-order chi connectivity index (χ1) is 9.83. The summed E-state index contributed by atoms with van der Waals surface area (Å²) < 4.78 is 18.9. The molecule has 0 aliphatic carbocycles. The molecule has 1 aromatic rings. The van der Waals surface area contributed by atoms with Crippen molar-refractivity contribution in [3.8, 4) is 0 Å². The van der Waals surface area contributed by atoms with Crippen LogP contribution < -0.4 is 5.32 Å². The van der Waals surface area contributed by atoms with Crippen LogP contribution in [0.15, 0.2) is 24.3 Å². The maximum Gasteiger partial charge on any atom is 0.123 e. The Morgan fingerprint density at radius 3 is 2.95 bits per heavy atom. The molecule has 3 nitrogen and oxygen atoms in total. The number of nitrogens with one attached hydrogen (secondary N) is 1. The van der Waals surface area contributed by atoms with Gasteiger partial charge >= 0.3 is 0 Å². The Labute approximate surface area is 120 Å². The summed E-state index contributed by atoms with van der Waals surface area (Å²) >= 11 is 0. The third-order valence-corrected chi connectivity index (χ3v) is 4.42. The van der Waals surface area contributed by atoms with Gasteiger partial charge in [-0.15, -0.1) is 0 Å². The lowest BCUT2D eigenvalue weighted by Gasteiger charge is -2.39. The Balaban J connectivity index is 1.70. The van der Waals surface area contributed by atoms with Gasteiger partial charge in [-0.05, 0) is 36.5 Å². The summed E-state index contributed by atoms with van der Waals surface area (Å²) in [5.74, 6) is 0.581. The van der Waals surface area contributed by atoms with E-state index in [1.54, 1.807) is 6.07 Å². The minimum Gasteiger partial charge on any atom is -0.381 e. The first kappa shape index (κ1) is 14.0. The van der Waals surface area contributed by atoms with Gasteiger partial charge in [-0.25, -0.2) is 4.39 Å². The summed E-state index contributed by atoms with van der Waals surface area (Å²) in [5, 5.41) is 3.43. The molecule has 0 amide bonds. The van der Waals surface area contributed by atoms with Crippen LogP contribution in [-0.2, 0) is 4.74 Å². The van der Waals surface area contributed by atoms with Gasteiger partial charge in [-0.3, -0.25) is 4.90 Å². The van der Waals surface area contributed by atoms with Gasteiger partial charge in [0.15, 0.2) is 0 Å². The van der Waals surface area contributed by atoms with E-state index in [4.69, 9.17) is 4.74 Å². The molecule has 1 N–H and O–H groups in total. The molecule has 0 saturated carbocycles. The fourth-order valence-corrected chi connectivity index (χ4v) is 3.27. The molecule has 3 rings (SSSR count). The van der Waals surface area contributed by atoms with Crippen molar-refractivity contribution in [2.75, 3.05) is 39.4 Å². The van der Waals surface area contributed by atoms with Gasteiger partial charge < -0.3 is 10.1 Å². The van der Waals surface area contributed by atoms with E-state index in [1.807, 2.05) is 12.1 Å². The molecule has 4 heteroatoms. The quantitative estimate of drug-likeness (QED) is 0.917. The summed E-state index contributed by atoms with van der Waals surface area (Å²) in [6.07, 6.45) is 2.31. The molecule has 0 bridgehead atoms. The predicted molar refractivity (Wildman–Crippen MR) is 77.1 cm³/mol. The Morgan fingerprint density at radius 1 is 1.30 bits per heavy atom. The average Bonchev–Trinajstić information content (AvgIpc) is 2.49. The number of hydrogen-bond acceptors (Lipinski definition) is 3. The van der Waals surface area contributed by atoms with Gasteiger partial charge in [0, 0.05) is 45.4 Å². The van der Waals surface area contributed by atoms with Crippen molar-refractivity contribution in [1.29, 1.82) is 0 Å². The maximum atomic E-state index is 13.5. The number of ether oxygens (including phenoxy) is 1. The monoisotopic (exact) mass is 278 g/mol. The maximum absolute atomic E-state index is 13.5. The molecule has 20 heavy (non-hydrogen) atoms. The van der Waals surface area contributed by atoms with Crippen LogP contribution in [0.4, 0.5) is 4.39 Å². The summed E-state index contributed by atoms with van der Waals surface area (Å²) in [6, 6.07) is 7.34. The third kappa shape index (κ3) is 3.37. The summed E-state index contributed by atoms with van der Waals surface area (Å²) in [4.78, 5) is 2.52. The van der Waals surface area contributed by atoms with Crippen LogP contribution in [0.5, 0.6) is 0 Å². The van der Waals surface area contributed by atoms with Crippen LogP contribution in [-0.4, -0.2) is 44.3 Å². The molecular weight excluding hydrogens is 255 g/mol. The molecule has 2 heterocycles. The number of nitrogens with zero attached hydrogens (tertiary/aromatic N) is 1. The molecule has 1 atom stereocenters. The second-order valence-corrected chi connectivity index (χ2v) is 5.83. The van der Waals surface area contributed by atoms with E-state index >= 15 is 0 Å². The topological polar surface area (TPSA) is 24.5 Å². The van der Waals surface area contributed by atoms with Crippen LogP contribution in [0.3, 0.4) is 0 Å². The Bertz CT molecular complexity index is 434. The van der Waals surface area contributed by atoms with Crippen molar-refractivity contribution >= 4 is 0 Å². The van der Waals surface area contributed by atoms with Crippen molar-refractivity contribution < 1.29 is 9.13 Å². The molecule has 0 spiro atoms. The van der Waals surface area contributed by atoms with E-state index in [0.29, 0.717) is 6.04 Å². The van der Waals surface area contributed by atoms with Gasteiger partial charge in [-0.1, -0.05) is 12.1 Å². The van der Waals surface area contributed by atoms with E-state index in [9.17, 15) is 4.39 Å². The minimum atomic E-state index is -0.140. The summed E-state index contributed by atoms with van der Waals surface area (Å²) in [7, 11) is 0. The fraction of sp³-hybridized carbons (Fsp3) is 0.625. The molecule has 2 aliphatic heterocycles. The number of rotatable bonds is 3. The molecule has 2 saturated heterocycles. The molecule has 1 aromatic carbocycles. The first-order valence-electron chi connectivity index (χ1n) is 7.61. The van der Waals surface area contributed by atoms with Gasteiger partial charge in [-0.2, -0.15) is 0 Å². The van der Waals surface area contributed by atoms with Gasteiger partial charge in [0.25, 0.3) is 0 Å². The zero-order valence-corrected chi connectivity index (χ0v) is 11.9. The molecule has 110 valence electrons. The highest BCUT2D eigenvalue weighted by Crippen LogP contribution is 2.26. The highest BCUT2D eigenvalue weighted by atomic mass is 19.1. The zero-order chi connectivity index (χ0) is 13.8. The Morgan fingerprint density at radius 2 is 2.15 bits per heavy atom. The summed E-state index contributed by atoms with van der Waals surface area (Å²) in [5.41, 5.74) is 1.09. The first-order valence-corrected chi connectivity index (χ1v) is 7.61. The number of benzene rings is 1. The van der Waals surface area contributed by atoms with Crippen LogP contribution in [0.25, 0.3) is 0 Å². The number of hydrogen-bond donors (Lipinski definition) is 1. The lowest BCUT2D eigenvalue weighted by atomic mass is 9.96. The molecular formula is C16H23FN2O. The van der Waals surface area contributed by atoms with Crippen molar-refractivity contribution in [3.63, 3.8) is 0 Å². The van der Waals surface area contributed by atoms with Crippen molar-refractivity contribution in [2.24, 2.45) is 5.92 Å². The number of piperazine rings is 1. The smallest absolute Gasteiger partial charge is 0.123 e. The molecule has 0 aromatic heterocycles. The molecule has 2 fully saturated rings. The Hall–Kier alpha value is -0.970. The predicted octanol–water partition coefficient (Wildman–Crippen LogP) is 2.20. The van der Waals surface area contributed by atoms with Crippen molar-refractivity contribution in [3.05, 3.63) is 35.6 Å². The van der Waals surface area contributed by atoms with Gasteiger partial charge in [0.2, 0.25) is 0 Å². The fourth-order valence-electron chi connectivity index (χ4n) is 3.27. The van der Waals surface area contributed by atoms with E-state index in [2.05, 4.69) is 10.2 Å². The number of halogens is 1. The van der Waals surface area contributed by atoms with E-state index in [1.165, 1.54) is 6.07 Å². The van der Waals surface area contributed by atoms with Crippen molar-refractivity contribution in [1.82, 2.24) is 10.2 Å².